The number of hydrogen-bond donors (Lipinski definition) is 2. The molecule has 0 radical (unpaired) electrons. The number of benzene rings is 1. The number of nitrogens with one attached hydrogen (secondary N) is 1. The summed E-state index contributed by atoms with van der Waals surface area (Å²) < 4.78 is 10.0. The summed E-state index contributed by atoms with van der Waals surface area (Å²) in [5.74, 6) is -0.654. The van der Waals surface area contributed by atoms with Gasteiger partial charge in [-0.15, -0.1) is 0 Å². The van der Waals surface area contributed by atoms with Crippen LogP contribution in [0.15, 0.2) is 24.3 Å². The molecule has 1 aromatic carbocycles. The Labute approximate surface area is 130 Å². The van der Waals surface area contributed by atoms with Crippen LogP contribution in [-0.4, -0.2) is 43.9 Å². The van der Waals surface area contributed by atoms with Crippen molar-refractivity contribution in [3.63, 3.8) is 0 Å². The highest BCUT2D eigenvalue weighted by molar-refractivity contribution is 5.83. The Kier molecular flexibility index (Phi) is 7.39. The maximum absolute atomic E-state index is 12.0. The van der Waals surface area contributed by atoms with Gasteiger partial charge in [0.1, 0.15) is 11.8 Å². The van der Waals surface area contributed by atoms with E-state index in [1.807, 2.05) is 31.2 Å². The molecule has 2 unspecified atom stereocenters. The van der Waals surface area contributed by atoms with Gasteiger partial charge in [-0.2, -0.15) is 0 Å². The second kappa shape index (κ2) is 9.04. The highest BCUT2D eigenvalue weighted by Gasteiger charge is 2.21. The molecule has 0 aliphatic rings. The number of hydrogen-bond acceptors (Lipinski definition) is 4. The molecule has 122 valence electrons. The van der Waals surface area contributed by atoms with Crippen LogP contribution in [0.5, 0.6) is 5.75 Å². The van der Waals surface area contributed by atoms with Crippen LogP contribution in [0.2, 0.25) is 0 Å². The number of ether oxygens (including phenoxy) is 2. The first-order chi connectivity index (χ1) is 10.5. The third kappa shape index (κ3) is 5.73. The molecule has 0 spiro atoms. The van der Waals surface area contributed by atoms with E-state index in [2.05, 4.69) is 5.32 Å². The van der Waals surface area contributed by atoms with Crippen LogP contribution in [0.25, 0.3) is 0 Å². The average molecular weight is 309 g/mol. The zero-order chi connectivity index (χ0) is 16.5. The van der Waals surface area contributed by atoms with E-state index in [-0.39, 0.29) is 31.3 Å². The topological polar surface area (TPSA) is 84.9 Å². The highest BCUT2D eigenvalue weighted by Crippen LogP contribution is 2.23. The molecule has 0 aliphatic heterocycles. The predicted molar refractivity (Wildman–Crippen MR) is 82.1 cm³/mol. The van der Waals surface area contributed by atoms with Crippen LogP contribution >= 0.6 is 0 Å². The summed E-state index contributed by atoms with van der Waals surface area (Å²) in [5.41, 5.74) is 0.971. The number of carbonyl (C=O) groups excluding carboxylic acids is 1. The summed E-state index contributed by atoms with van der Waals surface area (Å²) in [6.07, 6.45) is 0.453. The van der Waals surface area contributed by atoms with E-state index in [0.717, 1.165) is 11.3 Å². The molecule has 0 bridgehead atoms. The SMILES string of the molecule is COCCC(NC(=O)CC(C)c1cccc(OC)c1)C(=O)O. The number of aliphatic carboxylic acids is 1. The Hall–Kier alpha value is -2.08. The molecule has 0 saturated carbocycles. The van der Waals surface area contributed by atoms with Crippen LogP contribution < -0.4 is 10.1 Å². The van der Waals surface area contributed by atoms with E-state index in [1.165, 1.54) is 7.11 Å². The first-order valence-corrected chi connectivity index (χ1v) is 7.13. The molecule has 1 amide bonds. The molecule has 0 saturated heterocycles. The lowest BCUT2D eigenvalue weighted by Gasteiger charge is -2.17. The molecule has 1 rings (SSSR count). The van der Waals surface area contributed by atoms with Gasteiger partial charge < -0.3 is 19.9 Å². The zero-order valence-electron chi connectivity index (χ0n) is 13.2. The number of carboxylic acid groups (broad SMARTS) is 1. The molecule has 0 heterocycles. The normalized spacial score (nSPS) is 13.2. The summed E-state index contributed by atoms with van der Waals surface area (Å²) in [7, 11) is 3.08. The van der Waals surface area contributed by atoms with Gasteiger partial charge in [0, 0.05) is 26.6 Å². The van der Waals surface area contributed by atoms with Crippen molar-refractivity contribution < 1.29 is 24.2 Å². The Bertz CT molecular complexity index is 503. The van der Waals surface area contributed by atoms with Crippen molar-refractivity contribution >= 4 is 11.9 Å². The van der Waals surface area contributed by atoms with Gasteiger partial charge >= 0.3 is 5.97 Å². The molecule has 1 aromatic rings. The van der Waals surface area contributed by atoms with Crippen LogP contribution in [0, 0.1) is 0 Å². The lowest BCUT2D eigenvalue weighted by molar-refractivity contribution is -0.142. The zero-order valence-corrected chi connectivity index (χ0v) is 13.2. The maximum atomic E-state index is 12.0. The minimum absolute atomic E-state index is 0.0352. The second-order valence-electron chi connectivity index (χ2n) is 5.12. The van der Waals surface area contributed by atoms with Gasteiger partial charge in [-0.3, -0.25) is 4.79 Å². The largest absolute Gasteiger partial charge is 0.497 e. The molecule has 2 N–H and O–H groups in total. The summed E-state index contributed by atoms with van der Waals surface area (Å²) >= 11 is 0. The lowest BCUT2D eigenvalue weighted by atomic mass is 9.97. The fraction of sp³-hybridized carbons (Fsp3) is 0.500. The molecular formula is C16H23NO5. The van der Waals surface area contributed by atoms with E-state index in [0.29, 0.717) is 0 Å². The Morgan fingerprint density at radius 2 is 2.05 bits per heavy atom. The third-order valence-electron chi connectivity index (χ3n) is 3.40. The molecule has 2 atom stereocenters. The minimum atomic E-state index is -1.06. The Balaban J connectivity index is 2.60. The smallest absolute Gasteiger partial charge is 0.326 e. The van der Waals surface area contributed by atoms with Gasteiger partial charge in [0.2, 0.25) is 5.91 Å². The van der Waals surface area contributed by atoms with Crippen LogP contribution in [-0.2, 0) is 14.3 Å². The predicted octanol–water partition coefficient (Wildman–Crippen LogP) is 1.79. The lowest BCUT2D eigenvalue weighted by Crippen LogP contribution is -2.41. The fourth-order valence-corrected chi connectivity index (χ4v) is 2.09. The van der Waals surface area contributed by atoms with Crippen molar-refractivity contribution in [1.29, 1.82) is 0 Å². The van der Waals surface area contributed by atoms with Gasteiger partial charge in [0.15, 0.2) is 0 Å². The standard InChI is InChI=1S/C16H23NO5/c1-11(12-5-4-6-13(10-12)22-3)9-15(18)17-14(16(19)20)7-8-21-2/h4-6,10-11,14H,7-9H2,1-3H3,(H,17,18)(H,19,20). The quantitative estimate of drug-likeness (QED) is 0.726. The van der Waals surface area contributed by atoms with Gasteiger partial charge in [-0.1, -0.05) is 19.1 Å². The fourth-order valence-electron chi connectivity index (χ4n) is 2.09. The van der Waals surface area contributed by atoms with E-state index in [9.17, 15) is 9.59 Å². The number of rotatable bonds is 9. The Morgan fingerprint density at radius 1 is 1.32 bits per heavy atom. The first kappa shape index (κ1) is 18.0. The number of carbonyl (C=O) groups is 2. The van der Waals surface area contributed by atoms with Crippen LogP contribution in [0.4, 0.5) is 0 Å². The summed E-state index contributed by atoms with van der Waals surface area (Å²) in [6, 6.07) is 6.56. The van der Waals surface area contributed by atoms with Crippen molar-refractivity contribution in [2.75, 3.05) is 20.8 Å². The minimum Gasteiger partial charge on any atom is -0.497 e. The van der Waals surface area contributed by atoms with E-state index in [4.69, 9.17) is 14.6 Å². The summed E-state index contributed by atoms with van der Waals surface area (Å²) in [5, 5.41) is 11.6. The van der Waals surface area contributed by atoms with Crippen LogP contribution in [0.1, 0.15) is 31.2 Å². The highest BCUT2D eigenvalue weighted by atomic mass is 16.5. The first-order valence-electron chi connectivity index (χ1n) is 7.13. The molecule has 0 aliphatic carbocycles. The van der Waals surface area contributed by atoms with Crippen molar-refractivity contribution in [1.82, 2.24) is 5.32 Å². The van der Waals surface area contributed by atoms with E-state index in [1.54, 1.807) is 7.11 Å². The molecule has 6 heteroatoms. The van der Waals surface area contributed by atoms with Crippen molar-refractivity contribution in [3.05, 3.63) is 29.8 Å². The number of methoxy groups -OCH3 is 2. The van der Waals surface area contributed by atoms with Gasteiger partial charge in [0.05, 0.1) is 7.11 Å². The molecular weight excluding hydrogens is 286 g/mol. The third-order valence-corrected chi connectivity index (χ3v) is 3.40. The maximum Gasteiger partial charge on any atom is 0.326 e. The summed E-state index contributed by atoms with van der Waals surface area (Å²) in [4.78, 5) is 23.1. The average Bonchev–Trinajstić information content (AvgIpc) is 2.51. The van der Waals surface area contributed by atoms with Crippen molar-refractivity contribution in [2.45, 2.75) is 31.7 Å². The van der Waals surface area contributed by atoms with Gasteiger partial charge in [0.25, 0.3) is 0 Å². The van der Waals surface area contributed by atoms with Crippen molar-refractivity contribution in [2.24, 2.45) is 0 Å². The van der Waals surface area contributed by atoms with Crippen LogP contribution in [0.3, 0.4) is 0 Å². The second-order valence-corrected chi connectivity index (χ2v) is 5.12. The molecule has 6 nitrogen and oxygen atoms in total. The number of carboxylic acids is 1. The van der Waals surface area contributed by atoms with Gasteiger partial charge in [-0.05, 0) is 23.6 Å². The van der Waals surface area contributed by atoms with E-state index >= 15 is 0 Å². The monoisotopic (exact) mass is 309 g/mol. The summed E-state index contributed by atoms with van der Waals surface area (Å²) in [6.45, 7) is 2.20. The van der Waals surface area contributed by atoms with Gasteiger partial charge in [-0.25, -0.2) is 4.79 Å². The Morgan fingerprint density at radius 3 is 2.64 bits per heavy atom. The molecule has 22 heavy (non-hydrogen) atoms. The molecule has 0 fully saturated rings. The number of amides is 1. The molecule has 0 aromatic heterocycles. The van der Waals surface area contributed by atoms with Crippen molar-refractivity contribution in [3.8, 4) is 5.75 Å². The van der Waals surface area contributed by atoms with E-state index < -0.39 is 12.0 Å².